The lowest BCUT2D eigenvalue weighted by Gasteiger charge is -2.21. The highest BCUT2D eigenvalue weighted by Crippen LogP contribution is 2.13. The molecule has 0 fully saturated rings. The van der Waals surface area contributed by atoms with Gasteiger partial charge in [-0.25, -0.2) is 14.8 Å². The van der Waals surface area contributed by atoms with E-state index in [1.54, 1.807) is 0 Å². The van der Waals surface area contributed by atoms with E-state index in [1.807, 2.05) is 13.8 Å². The predicted molar refractivity (Wildman–Crippen MR) is 58.3 cm³/mol. The van der Waals surface area contributed by atoms with Crippen LogP contribution in [-0.4, -0.2) is 39.3 Å². The standard InChI is InChI=1S/C10H15N3O3/c1-10(2,6-14)5-12-9-11-4-3-7(13-9)8(15)16/h3-4,14H,5-6H2,1-2H3,(H,15,16)(H,11,12,13). The van der Waals surface area contributed by atoms with E-state index in [4.69, 9.17) is 10.2 Å². The molecular formula is C10H15N3O3. The van der Waals surface area contributed by atoms with Crippen molar-refractivity contribution in [3.8, 4) is 0 Å². The average molecular weight is 225 g/mol. The van der Waals surface area contributed by atoms with Crippen molar-refractivity contribution in [1.29, 1.82) is 0 Å². The first-order valence-corrected chi connectivity index (χ1v) is 4.86. The van der Waals surface area contributed by atoms with Gasteiger partial charge in [-0.05, 0) is 6.07 Å². The minimum Gasteiger partial charge on any atom is -0.477 e. The SMILES string of the molecule is CC(C)(CO)CNc1nccc(C(=O)O)n1. The van der Waals surface area contributed by atoms with Gasteiger partial charge in [0.15, 0.2) is 5.69 Å². The molecule has 0 radical (unpaired) electrons. The predicted octanol–water partition coefficient (Wildman–Crippen LogP) is 0.605. The molecule has 1 aromatic rings. The second-order valence-corrected chi connectivity index (χ2v) is 4.25. The molecule has 0 aliphatic rings. The van der Waals surface area contributed by atoms with Crippen molar-refractivity contribution < 1.29 is 15.0 Å². The fraction of sp³-hybridized carbons (Fsp3) is 0.500. The number of aliphatic hydroxyl groups is 1. The van der Waals surface area contributed by atoms with Crippen molar-refractivity contribution in [3.05, 3.63) is 18.0 Å². The van der Waals surface area contributed by atoms with E-state index in [2.05, 4.69) is 15.3 Å². The molecule has 0 aliphatic carbocycles. The molecule has 0 aromatic carbocycles. The van der Waals surface area contributed by atoms with Crippen LogP contribution in [0.3, 0.4) is 0 Å². The first kappa shape index (κ1) is 12.4. The lowest BCUT2D eigenvalue weighted by molar-refractivity contribution is 0.0690. The van der Waals surface area contributed by atoms with E-state index in [-0.39, 0.29) is 23.7 Å². The summed E-state index contributed by atoms with van der Waals surface area (Å²) in [6.45, 7) is 4.24. The van der Waals surface area contributed by atoms with Crippen LogP contribution in [0.2, 0.25) is 0 Å². The zero-order valence-corrected chi connectivity index (χ0v) is 9.27. The monoisotopic (exact) mass is 225 g/mol. The molecule has 1 aromatic heterocycles. The molecule has 16 heavy (non-hydrogen) atoms. The highest BCUT2D eigenvalue weighted by atomic mass is 16.4. The molecule has 0 aliphatic heterocycles. The third kappa shape index (κ3) is 3.47. The van der Waals surface area contributed by atoms with Gasteiger partial charge in [-0.15, -0.1) is 0 Å². The Balaban J connectivity index is 2.68. The molecule has 0 atom stereocenters. The summed E-state index contributed by atoms with van der Waals surface area (Å²) in [6.07, 6.45) is 1.38. The molecule has 0 saturated carbocycles. The van der Waals surface area contributed by atoms with Gasteiger partial charge in [-0.1, -0.05) is 13.8 Å². The van der Waals surface area contributed by atoms with Gasteiger partial charge in [0.2, 0.25) is 5.95 Å². The smallest absolute Gasteiger partial charge is 0.354 e. The Labute approximate surface area is 93.4 Å². The Bertz CT molecular complexity index is 379. The largest absolute Gasteiger partial charge is 0.477 e. The highest BCUT2D eigenvalue weighted by Gasteiger charge is 2.16. The van der Waals surface area contributed by atoms with Crippen molar-refractivity contribution in [2.24, 2.45) is 5.41 Å². The van der Waals surface area contributed by atoms with Crippen molar-refractivity contribution in [1.82, 2.24) is 9.97 Å². The van der Waals surface area contributed by atoms with Crippen LogP contribution in [0.1, 0.15) is 24.3 Å². The summed E-state index contributed by atoms with van der Waals surface area (Å²) < 4.78 is 0. The molecule has 88 valence electrons. The maximum Gasteiger partial charge on any atom is 0.354 e. The second kappa shape index (κ2) is 4.89. The fourth-order valence-electron chi connectivity index (χ4n) is 0.937. The van der Waals surface area contributed by atoms with Gasteiger partial charge >= 0.3 is 5.97 Å². The van der Waals surface area contributed by atoms with Gasteiger partial charge in [0.05, 0.1) is 0 Å². The molecular weight excluding hydrogens is 210 g/mol. The maximum atomic E-state index is 10.7. The van der Waals surface area contributed by atoms with Crippen molar-refractivity contribution >= 4 is 11.9 Å². The number of hydrogen-bond acceptors (Lipinski definition) is 5. The second-order valence-electron chi connectivity index (χ2n) is 4.25. The fourth-order valence-corrected chi connectivity index (χ4v) is 0.937. The normalized spacial score (nSPS) is 11.2. The zero-order valence-electron chi connectivity index (χ0n) is 9.27. The van der Waals surface area contributed by atoms with E-state index in [9.17, 15) is 4.79 Å². The van der Waals surface area contributed by atoms with Crippen LogP contribution in [0.5, 0.6) is 0 Å². The van der Waals surface area contributed by atoms with Gasteiger partial charge in [-0.3, -0.25) is 0 Å². The van der Waals surface area contributed by atoms with Crippen LogP contribution < -0.4 is 5.32 Å². The summed E-state index contributed by atoms with van der Waals surface area (Å²) in [4.78, 5) is 18.4. The lowest BCUT2D eigenvalue weighted by Crippen LogP contribution is -2.27. The Kier molecular flexibility index (Phi) is 3.78. The quantitative estimate of drug-likeness (QED) is 0.679. The van der Waals surface area contributed by atoms with Gasteiger partial charge in [0.25, 0.3) is 0 Å². The summed E-state index contributed by atoms with van der Waals surface area (Å²) in [5, 5.41) is 20.7. The van der Waals surface area contributed by atoms with Gasteiger partial charge < -0.3 is 15.5 Å². The van der Waals surface area contributed by atoms with Crippen LogP contribution in [-0.2, 0) is 0 Å². The number of hydrogen-bond donors (Lipinski definition) is 3. The summed E-state index contributed by atoms with van der Waals surface area (Å²) in [6, 6.07) is 1.32. The molecule has 6 nitrogen and oxygen atoms in total. The molecule has 0 amide bonds. The number of rotatable bonds is 5. The number of aromatic carboxylic acids is 1. The molecule has 6 heteroatoms. The van der Waals surface area contributed by atoms with Crippen LogP contribution in [0.25, 0.3) is 0 Å². The Morgan fingerprint density at radius 1 is 1.56 bits per heavy atom. The lowest BCUT2D eigenvalue weighted by atomic mass is 9.95. The van der Waals surface area contributed by atoms with E-state index in [0.29, 0.717) is 6.54 Å². The first-order chi connectivity index (χ1) is 7.44. The van der Waals surface area contributed by atoms with Gasteiger partial charge in [0, 0.05) is 24.8 Å². The first-order valence-electron chi connectivity index (χ1n) is 4.86. The highest BCUT2D eigenvalue weighted by molar-refractivity contribution is 5.85. The molecule has 0 bridgehead atoms. The Morgan fingerprint density at radius 2 is 2.25 bits per heavy atom. The summed E-state index contributed by atoms with van der Waals surface area (Å²) in [7, 11) is 0. The summed E-state index contributed by atoms with van der Waals surface area (Å²) in [5.74, 6) is -0.840. The number of carboxylic acids is 1. The van der Waals surface area contributed by atoms with Gasteiger partial charge in [0.1, 0.15) is 0 Å². The summed E-state index contributed by atoms with van der Waals surface area (Å²) in [5.41, 5.74) is -0.359. The number of nitrogens with one attached hydrogen (secondary N) is 1. The number of carbonyl (C=O) groups is 1. The molecule has 0 saturated heterocycles. The van der Waals surface area contributed by atoms with E-state index >= 15 is 0 Å². The number of carboxylic acid groups (broad SMARTS) is 1. The third-order valence-corrected chi connectivity index (χ3v) is 2.03. The number of anilines is 1. The number of nitrogens with zero attached hydrogens (tertiary/aromatic N) is 2. The molecule has 1 rings (SSSR count). The van der Waals surface area contributed by atoms with E-state index < -0.39 is 5.97 Å². The third-order valence-electron chi connectivity index (χ3n) is 2.03. The molecule has 3 N–H and O–H groups in total. The van der Waals surface area contributed by atoms with Crippen LogP contribution >= 0.6 is 0 Å². The number of aliphatic hydroxyl groups excluding tert-OH is 1. The Morgan fingerprint density at radius 3 is 2.81 bits per heavy atom. The van der Waals surface area contributed by atoms with E-state index in [0.717, 1.165) is 0 Å². The topological polar surface area (TPSA) is 95.3 Å². The van der Waals surface area contributed by atoms with Gasteiger partial charge in [-0.2, -0.15) is 0 Å². The minimum atomic E-state index is -1.09. The summed E-state index contributed by atoms with van der Waals surface area (Å²) >= 11 is 0. The van der Waals surface area contributed by atoms with Crippen molar-refractivity contribution in [2.75, 3.05) is 18.5 Å². The molecule has 1 heterocycles. The van der Waals surface area contributed by atoms with E-state index in [1.165, 1.54) is 12.3 Å². The van der Waals surface area contributed by atoms with Crippen LogP contribution in [0.15, 0.2) is 12.3 Å². The van der Waals surface area contributed by atoms with Crippen molar-refractivity contribution in [2.45, 2.75) is 13.8 Å². The number of aromatic nitrogens is 2. The molecule has 0 spiro atoms. The van der Waals surface area contributed by atoms with Crippen LogP contribution in [0.4, 0.5) is 5.95 Å². The zero-order chi connectivity index (χ0) is 12.2. The van der Waals surface area contributed by atoms with Crippen molar-refractivity contribution in [3.63, 3.8) is 0 Å². The van der Waals surface area contributed by atoms with Crippen LogP contribution in [0, 0.1) is 5.41 Å². The average Bonchev–Trinajstić information content (AvgIpc) is 2.27. The minimum absolute atomic E-state index is 0.0264. The maximum absolute atomic E-state index is 10.7. The molecule has 0 unspecified atom stereocenters. The Hall–Kier alpha value is -1.69.